The van der Waals surface area contributed by atoms with Crippen molar-refractivity contribution in [3.05, 3.63) is 0 Å². The highest BCUT2D eigenvalue weighted by Gasteiger charge is 2.29. The summed E-state index contributed by atoms with van der Waals surface area (Å²) in [6.07, 6.45) is 5.08. The summed E-state index contributed by atoms with van der Waals surface area (Å²) in [7, 11) is 2.02. The predicted molar refractivity (Wildman–Crippen MR) is 62.1 cm³/mol. The van der Waals surface area contributed by atoms with E-state index in [-0.39, 0.29) is 0 Å². The van der Waals surface area contributed by atoms with Gasteiger partial charge in [0.1, 0.15) is 0 Å². The van der Waals surface area contributed by atoms with E-state index in [1.54, 1.807) is 0 Å². The molecule has 1 fully saturated rings. The molecule has 0 amide bonds. The van der Waals surface area contributed by atoms with Gasteiger partial charge in [0.25, 0.3) is 0 Å². The SMILES string of the molecule is CCCCOCCOCC(NC)C1CC1. The quantitative estimate of drug-likeness (QED) is 0.564. The van der Waals surface area contributed by atoms with Gasteiger partial charge >= 0.3 is 0 Å². The molecule has 0 radical (unpaired) electrons. The minimum atomic E-state index is 0.556. The minimum Gasteiger partial charge on any atom is -0.379 e. The largest absolute Gasteiger partial charge is 0.379 e. The lowest BCUT2D eigenvalue weighted by Crippen LogP contribution is -2.32. The average Bonchev–Trinajstić information content (AvgIpc) is 3.06. The Labute approximate surface area is 93.5 Å². The maximum atomic E-state index is 5.58. The average molecular weight is 215 g/mol. The van der Waals surface area contributed by atoms with Crippen molar-refractivity contribution in [1.29, 1.82) is 0 Å². The van der Waals surface area contributed by atoms with E-state index in [0.717, 1.165) is 38.8 Å². The second-order valence-electron chi connectivity index (χ2n) is 4.27. The lowest BCUT2D eigenvalue weighted by Gasteiger charge is -2.15. The minimum absolute atomic E-state index is 0.556. The van der Waals surface area contributed by atoms with Crippen LogP contribution < -0.4 is 5.32 Å². The standard InChI is InChI=1S/C12H25NO2/c1-3-4-7-14-8-9-15-10-12(13-2)11-5-6-11/h11-13H,3-10H2,1-2H3. The van der Waals surface area contributed by atoms with Crippen LogP contribution >= 0.6 is 0 Å². The maximum Gasteiger partial charge on any atom is 0.0701 e. The van der Waals surface area contributed by atoms with Gasteiger partial charge in [0, 0.05) is 12.6 Å². The first kappa shape index (κ1) is 12.9. The van der Waals surface area contributed by atoms with Crippen LogP contribution in [0.15, 0.2) is 0 Å². The lowest BCUT2D eigenvalue weighted by molar-refractivity contribution is 0.0368. The molecule has 15 heavy (non-hydrogen) atoms. The van der Waals surface area contributed by atoms with Gasteiger partial charge in [0.05, 0.1) is 19.8 Å². The van der Waals surface area contributed by atoms with E-state index < -0.39 is 0 Å². The van der Waals surface area contributed by atoms with Gasteiger partial charge in [-0.25, -0.2) is 0 Å². The third-order valence-electron chi connectivity index (χ3n) is 2.87. The Bertz CT molecular complexity index is 149. The number of nitrogens with one attached hydrogen (secondary N) is 1. The van der Waals surface area contributed by atoms with Crippen molar-refractivity contribution in [3.63, 3.8) is 0 Å². The molecule has 0 aromatic rings. The van der Waals surface area contributed by atoms with Crippen molar-refractivity contribution in [2.24, 2.45) is 5.92 Å². The normalized spacial score (nSPS) is 18.0. The molecule has 1 unspecified atom stereocenters. The van der Waals surface area contributed by atoms with Crippen molar-refractivity contribution >= 4 is 0 Å². The number of hydrogen-bond acceptors (Lipinski definition) is 3. The Morgan fingerprint density at radius 2 is 1.93 bits per heavy atom. The Balaban J connectivity index is 1.83. The van der Waals surface area contributed by atoms with Crippen molar-refractivity contribution < 1.29 is 9.47 Å². The molecular formula is C12H25NO2. The third kappa shape index (κ3) is 6.13. The van der Waals surface area contributed by atoms with E-state index in [4.69, 9.17) is 9.47 Å². The molecular weight excluding hydrogens is 190 g/mol. The summed E-state index contributed by atoms with van der Waals surface area (Å²) in [5.41, 5.74) is 0. The van der Waals surface area contributed by atoms with Crippen LogP contribution in [0.25, 0.3) is 0 Å². The Morgan fingerprint density at radius 1 is 1.20 bits per heavy atom. The molecule has 1 aliphatic carbocycles. The molecule has 1 rings (SSSR count). The molecule has 0 spiro atoms. The Hall–Kier alpha value is -0.120. The second kappa shape index (κ2) is 8.08. The van der Waals surface area contributed by atoms with Gasteiger partial charge in [0.15, 0.2) is 0 Å². The van der Waals surface area contributed by atoms with Gasteiger partial charge in [-0.3, -0.25) is 0 Å². The van der Waals surface area contributed by atoms with Gasteiger partial charge < -0.3 is 14.8 Å². The summed E-state index contributed by atoms with van der Waals surface area (Å²) in [6.45, 7) is 5.35. The summed E-state index contributed by atoms with van der Waals surface area (Å²) in [5, 5.41) is 3.31. The monoisotopic (exact) mass is 215 g/mol. The van der Waals surface area contributed by atoms with Crippen molar-refractivity contribution in [2.45, 2.75) is 38.6 Å². The first-order valence-electron chi connectivity index (χ1n) is 6.21. The van der Waals surface area contributed by atoms with E-state index in [1.165, 1.54) is 19.3 Å². The lowest BCUT2D eigenvalue weighted by atomic mass is 10.2. The second-order valence-corrected chi connectivity index (χ2v) is 4.27. The molecule has 0 aromatic carbocycles. The number of likely N-dealkylation sites (N-methyl/N-ethyl adjacent to an activating group) is 1. The van der Waals surface area contributed by atoms with E-state index in [0.29, 0.717) is 6.04 Å². The number of ether oxygens (including phenoxy) is 2. The smallest absolute Gasteiger partial charge is 0.0701 e. The summed E-state index contributed by atoms with van der Waals surface area (Å²) in [6, 6.07) is 0.556. The molecule has 90 valence electrons. The van der Waals surface area contributed by atoms with Crippen LogP contribution in [0, 0.1) is 5.92 Å². The molecule has 3 nitrogen and oxygen atoms in total. The molecule has 3 heteroatoms. The van der Waals surface area contributed by atoms with Crippen LogP contribution in [0.2, 0.25) is 0 Å². The maximum absolute atomic E-state index is 5.58. The van der Waals surface area contributed by atoms with Crippen molar-refractivity contribution in [2.75, 3.05) is 33.5 Å². The van der Waals surface area contributed by atoms with Gasteiger partial charge in [-0.2, -0.15) is 0 Å². The van der Waals surface area contributed by atoms with Crippen molar-refractivity contribution in [1.82, 2.24) is 5.32 Å². The highest BCUT2D eigenvalue weighted by atomic mass is 16.5. The fourth-order valence-electron chi connectivity index (χ4n) is 1.63. The predicted octanol–water partition coefficient (Wildman–Crippen LogP) is 1.82. The highest BCUT2D eigenvalue weighted by molar-refractivity contribution is 4.85. The topological polar surface area (TPSA) is 30.5 Å². The van der Waals surface area contributed by atoms with Crippen LogP contribution in [0.5, 0.6) is 0 Å². The molecule has 0 bridgehead atoms. The summed E-state index contributed by atoms with van der Waals surface area (Å²) in [4.78, 5) is 0. The first-order chi connectivity index (χ1) is 7.38. The van der Waals surface area contributed by atoms with Gasteiger partial charge in [-0.1, -0.05) is 13.3 Å². The van der Waals surface area contributed by atoms with Crippen LogP contribution in [0.1, 0.15) is 32.6 Å². The van der Waals surface area contributed by atoms with Gasteiger partial charge in [0.2, 0.25) is 0 Å². The van der Waals surface area contributed by atoms with Crippen LogP contribution in [0.3, 0.4) is 0 Å². The fraction of sp³-hybridized carbons (Fsp3) is 1.00. The van der Waals surface area contributed by atoms with Crippen molar-refractivity contribution in [3.8, 4) is 0 Å². The molecule has 1 N–H and O–H groups in total. The molecule has 0 aromatic heterocycles. The zero-order chi connectivity index (χ0) is 10.9. The molecule has 0 aliphatic heterocycles. The summed E-state index contributed by atoms with van der Waals surface area (Å²) >= 11 is 0. The first-order valence-corrected chi connectivity index (χ1v) is 6.21. The van der Waals surface area contributed by atoms with E-state index in [2.05, 4.69) is 12.2 Å². The Morgan fingerprint density at radius 3 is 2.53 bits per heavy atom. The number of unbranched alkanes of at least 4 members (excludes halogenated alkanes) is 1. The third-order valence-corrected chi connectivity index (χ3v) is 2.87. The highest BCUT2D eigenvalue weighted by Crippen LogP contribution is 2.32. The Kier molecular flexibility index (Phi) is 6.98. The number of rotatable bonds is 10. The zero-order valence-electron chi connectivity index (χ0n) is 10.1. The van der Waals surface area contributed by atoms with E-state index >= 15 is 0 Å². The summed E-state index contributed by atoms with van der Waals surface area (Å²) in [5.74, 6) is 0.857. The molecule has 1 aliphatic rings. The van der Waals surface area contributed by atoms with Crippen LogP contribution in [-0.4, -0.2) is 39.5 Å². The molecule has 0 saturated heterocycles. The number of hydrogen-bond donors (Lipinski definition) is 1. The van der Waals surface area contributed by atoms with Gasteiger partial charge in [-0.15, -0.1) is 0 Å². The molecule has 0 heterocycles. The summed E-state index contributed by atoms with van der Waals surface area (Å²) < 4.78 is 11.0. The van der Waals surface area contributed by atoms with E-state index in [1.807, 2.05) is 7.05 Å². The van der Waals surface area contributed by atoms with E-state index in [9.17, 15) is 0 Å². The van der Waals surface area contributed by atoms with Crippen LogP contribution in [-0.2, 0) is 9.47 Å². The van der Waals surface area contributed by atoms with Crippen LogP contribution in [0.4, 0.5) is 0 Å². The fourth-order valence-corrected chi connectivity index (χ4v) is 1.63. The zero-order valence-corrected chi connectivity index (χ0v) is 10.1. The molecule has 1 saturated carbocycles. The van der Waals surface area contributed by atoms with Gasteiger partial charge in [-0.05, 0) is 32.2 Å². The molecule has 1 atom stereocenters.